The highest BCUT2D eigenvalue weighted by molar-refractivity contribution is 6.33. The van der Waals surface area contributed by atoms with Crippen LogP contribution in [0.15, 0.2) is 65.6 Å². The molecule has 10 rings (SSSR count). The molecule has 57 heavy (non-hydrogen) atoms. The molecule has 0 atom stereocenters. The lowest BCUT2D eigenvalue weighted by molar-refractivity contribution is -0.144. The molecule has 0 saturated heterocycles. The van der Waals surface area contributed by atoms with Gasteiger partial charge in [-0.3, -0.25) is 4.79 Å². The quantitative estimate of drug-likeness (QED) is 0.0792. The number of halogens is 2. The minimum atomic E-state index is -0.619. The average molecular weight is 818 g/mol. The molecule has 6 aromatic rings. The number of furan rings is 1. The third-order valence-corrected chi connectivity index (χ3v) is 10.6. The van der Waals surface area contributed by atoms with Gasteiger partial charge in [-0.05, 0) is 57.1 Å². The van der Waals surface area contributed by atoms with Gasteiger partial charge in [0.25, 0.3) is 0 Å². The molecule has 19 heteroatoms. The Bertz CT molecular complexity index is 2260. The van der Waals surface area contributed by atoms with Gasteiger partial charge in [0.2, 0.25) is 0 Å². The van der Waals surface area contributed by atoms with Crippen molar-refractivity contribution in [2.75, 3.05) is 23.3 Å². The van der Waals surface area contributed by atoms with Crippen molar-refractivity contribution in [3.05, 3.63) is 88.9 Å². The SMILES string of the molecule is Clc1ncnc2nc(C3CCC3)[nH]c12.NCC1=CC=CC1.Nc1ncnc(Cl)c1N.O=C(O)C1CCC1.c1coc(CNc2ncnc3nc(C4CCC4)[nH]c23)c1. The predicted molar refractivity (Wildman–Crippen MR) is 219 cm³/mol. The first kappa shape index (κ1) is 41.0. The number of rotatable bonds is 7. The van der Waals surface area contributed by atoms with Gasteiger partial charge in [-0.2, -0.15) is 0 Å². The monoisotopic (exact) mass is 816 g/mol. The summed E-state index contributed by atoms with van der Waals surface area (Å²) in [5, 5.41) is 12.1. The number of nitrogen functional groups attached to an aromatic ring is 2. The normalized spacial score (nSPS) is 15.9. The molecule has 0 amide bonds. The van der Waals surface area contributed by atoms with Crippen molar-refractivity contribution < 1.29 is 14.3 Å². The van der Waals surface area contributed by atoms with E-state index in [9.17, 15) is 4.79 Å². The number of nitrogens with two attached hydrogens (primary N) is 3. The molecular weight excluding hydrogens is 771 g/mol. The van der Waals surface area contributed by atoms with Crippen LogP contribution < -0.4 is 22.5 Å². The zero-order chi connectivity index (χ0) is 40.1. The number of carboxylic acid groups (broad SMARTS) is 1. The van der Waals surface area contributed by atoms with Gasteiger partial charge in [0.05, 0.1) is 18.7 Å². The van der Waals surface area contributed by atoms with E-state index in [0.29, 0.717) is 35.7 Å². The van der Waals surface area contributed by atoms with Crippen LogP contribution in [0.25, 0.3) is 22.3 Å². The number of aromatic nitrogens is 10. The summed E-state index contributed by atoms with van der Waals surface area (Å²) in [7, 11) is 0. The van der Waals surface area contributed by atoms with Crippen LogP contribution in [0.2, 0.25) is 10.3 Å². The molecule has 0 radical (unpaired) electrons. The van der Waals surface area contributed by atoms with E-state index in [1.54, 1.807) is 6.26 Å². The Morgan fingerprint density at radius 1 is 0.842 bits per heavy atom. The Morgan fingerprint density at radius 3 is 1.91 bits per heavy atom. The van der Waals surface area contributed by atoms with Crippen molar-refractivity contribution in [3.8, 4) is 0 Å². The van der Waals surface area contributed by atoms with E-state index in [-0.39, 0.29) is 22.6 Å². The zero-order valence-electron chi connectivity index (χ0n) is 31.2. The van der Waals surface area contributed by atoms with Gasteiger partial charge in [-0.15, -0.1) is 0 Å². The lowest BCUT2D eigenvalue weighted by Crippen LogP contribution is -2.20. The number of fused-ring (bicyclic) bond motifs is 2. The van der Waals surface area contributed by atoms with Crippen LogP contribution >= 0.6 is 23.2 Å². The summed E-state index contributed by atoms with van der Waals surface area (Å²) >= 11 is 11.4. The number of hydrogen-bond donors (Lipinski definition) is 7. The fraction of sp³-hybridized carbons (Fsp3) is 0.395. The molecule has 17 nitrogen and oxygen atoms in total. The number of aromatic amines is 2. The molecule has 6 heterocycles. The van der Waals surface area contributed by atoms with Crippen molar-refractivity contribution in [1.29, 1.82) is 0 Å². The number of aliphatic carboxylic acids is 1. The number of carboxylic acids is 1. The summed E-state index contributed by atoms with van der Waals surface area (Å²) in [5.74, 6) is 4.41. The molecule has 4 aliphatic carbocycles. The Balaban J connectivity index is 0.000000129. The smallest absolute Gasteiger partial charge is 0.306 e. The second-order valence-corrected chi connectivity index (χ2v) is 14.5. The molecule has 6 aromatic heterocycles. The van der Waals surface area contributed by atoms with Crippen molar-refractivity contribution in [1.82, 2.24) is 49.8 Å². The number of H-pyrrole nitrogens is 2. The van der Waals surface area contributed by atoms with Crippen LogP contribution in [0.3, 0.4) is 0 Å². The zero-order valence-corrected chi connectivity index (χ0v) is 32.8. The number of nitrogens with one attached hydrogen (secondary N) is 3. The highest BCUT2D eigenvalue weighted by atomic mass is 35.5. The van der Waals surface area contributed by atoms with Crippen molar-refractivity contribution in [2.24, 2.45) is 11.7 Å². The number of hydrogen-bond acceptors (Lipinski definition) is 14. The van der Waals surface area contributed by atoms with Gasteiger partial charge in [-0.25, -0.2) is 39.9 Å². The minimum absolute atomic E-state index is 0.000000000000000444. The molecule has 4 aliphatic rings. The summed E-state index contributed by atoms with van der Waals surface area (Å²) in [4.78, 5) is 49.2. The molecule has 3 fully saturated rings. The van der Waals surface area contributed by atoms with Crippen LogP contribution in [-0.4, -0.2) is 67.5 Å². The van der Waals surface area contributed by atoms with E-state index >= 15 is 0 Å². The van der Waals surface area contributed by atoms with E-state index in [2.05, 4.69) is 67.3 Å². The second kappa shape index (κ2) is 20.0. The molecular formula is C38H46Cl2N14O3. The topological polar surface area (TPSA) is 275 Å². The second-order valence-electron chi connectivity index (χ2n) is 13.8. The van der Waals surface area contributed by atoms with E-state index in [1.165, 1.54) is 63.1 Å². The Morgan fingerprint density at radius 2 is 1.46 bits per heavy atom. The fourth-order valence-electron chi connectivity index (χ4n) is 5.82. The Labute approximate surface area is 338 Å². The first-order chi connectivity index (χ1) is 27.7. The molecule has 300 valence electrons. The first-order valence-electron chi connectivity index (χ1n) is 18.8. The maximum Gasteiger partial charge on any atom is 0.306 e. The Kier molecular flexibility index (Phi) is 14.4. The molecule has 0 bridgehead atoms. The highest BCUT2D eigenvalue weighted by Crippen LogP contribution is 2.36. The van der Waals surface area contributed by atoms with Crippen molar-refractivity contribution >= 4 is 68.8 Å². The molecule has 0 aliphatic heterocycles. The van der Waals surface area contributed by atoms with E-state index < -0.39 is 5.97 Å². The maximum atomic E-state index is 9.98. The number of nitrogens with zero attached hydrogens (tertiary/aromatic N) is 8. The van der Waals surface area contributed by atoms with Crippen LogP contribution in [0, 0.1) is 5.92 Å². The molecule has 10 N–H and O–H groups in total. The van der Waals surface area contributed by atoms with E-state index in [0.717, 1.165) is 65.6 Å². The summed E-state index contributed by atoms with van der Waals surface area (Å²) in [6, 6.07) is 3.80. The number of imidazole rings is 2. The lowest BCUT2D eigenvalue weighted by Gasteiger charge is -2.22. The summed E-state index contributed by atoms with van der Waals surface area (Å²) < 4.78 is 5.31. The van der Waals surface area contributed by atoms with Gasteiger partial charge in [0.1, 0.15) is 53.1 Å². The van der Waals surface area contributed by atoms with Gasteiger partial charge in [0.15, 0.2) is 33.2 Å². The van der Waals surface area contributed by atoms with Crippen molar-refractivity contribution in [2.45, 2.75) is 82.6 Å². The number of allylic oxidation sites excluding steroid dienone is 3. The highest BCUT2D eigenvalue weighted by Gasteiger charge is 2.25. The molecule has 0 unspecified atom stereocenters. The number of anilines is 3. The lowest BCUT2D eigenvalue weighted by atomic mass is 9.85. The van der Waals surface area contributed by atoms with Gasteiger partial charge >= 0.3 is 5.97 Å². The minimum Gasteiger partial charge on any atom is -0.481 e. The third kappa shape index (κ3) is 11.0. The van der Waals surface area contributed by atoms with Gasteiger partial charge in [-0.1, -0.05) is 66.3 Å². The maximum absolute atomic E-state index is 9.98. The molecule has 3 saturated carbocycles. The van der Waals surface area contributed by atoms with E-state index in [1.807, 2.05) is 18.2 Å². The molecule has 0 aromatic carbocycles. The van der Waals surface area contributed by atoms with E-state index in [4.69, 9.17) is 49.9 Å². The first-order valence-corrected chi connectivity index (χ1v) is 19.6. The fourth-order valence-corrected chi connectivity index (χ4v) is 6.13. The average Bonchev–Trinajstić information content (AvgIpc) is 3.96. The predicted octanol–water partition coefficient (Wildman–Crippen LogP) is 7.10. The van der Waals surface area contributed by atoms with Crippen LogP contribution in [0.1, 0.15) is 93.5 Å². The summed E-state index contributed by atoms with van der Waals surface area (Å²) in [6.45, 7) is 1.31. The summed E-state index contributed by atoms with van der Waals surface area (Å²) in [6.07, 6.45) is 23.5. The van der Waals surface area contributed by atoms with Crippen molar-refractivity contribution in [3.63, 3.8) is 0 Å². The van der Waals surface area contributed by atoms with Crippen LogP contribution in [0.5, 0.6) is 0 Å². The Hall–Kier alpha value is -5.65. The number of carbonyl (C=O) groups is 1. The summed E-state index contributed by atoms with van der Waals surface area (Å²) in [5.41, 5.74) is 20.5. The standard InChI is InChI=1S/C14H15N5O.C9H9ClN4.C6H9N.C5H8O2.C4H5ClN4/c1-3-9(4-1)12-18-11-13(16-8-17-14(11)19-12)15-7-10-5-2-6-20-10;10-7-6-9(12-4-11-7)14-8(13-6)5-2-1-3-5;7-5-6-3-1-2-4-6;6-5(7)4-2-1-3-4;5-3-2(6)4(7)9-1-8-3/h2,5-6,8-9H,1,3-4,7H2,(H2,15,16,17,18,19);4-5H,1-3H2,(H,11,12,13,14);1-3H,4-5,7H2;4H,1-3H2,(H,6,7);1H,6H2,(H2,7,8,9). The van der Waals surface area contributed by atoms with Gasteiger partial charge < -0.3 is 42.0 Å². The van der Waals surface area contributed by atoms with Gasteiger partial charge in [0, 0.05) is 18.4 Å². The van der Waals surface area contributed by atoms with Crippen LogP contribution in [0.4, 0.5) is 17.3 Å². The van der Waals surface area contributed by atoms with Crippen LogP contribution in [-0.2, 0) is 11.3 Å². The third-order valence-electron chi connectivity index (χ3n) is 9.99. The molecule has 0 spiro atoms. The largest absolute Gasteiger partial charge is 0.481 e.